The number of hydrogen-bond donors (Lipinski definition) is 1. The molecule has 0 radical (unpaired) electrons. The van der Waals surface area contributed by atoms with Crippen LogP contribution in [-0.2, 0) is 4.74 Å². The second-order valence-corrected chi connectivity index (χ2v) is 5.70. The van der Waals surface area contributed by atoms with E-state index in [9.17, 15) is 0 Å². The van der Waals surface area contributed by atoms with Crippen molar-refractivity contribution in [2.75, 3.05) is 30.9 Å². The van der Waals surface area contributed by atoms with E-state index in [-0.39, 0.29) is 6.10 Å². The van der Waals surface area contributed by atoms with Gasteiger partial charge in [-0.15, -0.1) is 11.3 Å². The number of hydrogen-bond acceptors (Lipinski definition) is 6. The number of nitrogens with one attached hydrogen (secondary N) is 1. The van der Waals surface area contributed by atoms with Crippen LogP contribution < -0.4 is 10.2 Å². The highest BCUT2D eigenvalue weighted by Gasteiger charge is 2.29. The minimum Gasteiger partial charge on any atom is -0.376 e. The fourth-order valence-corrected chi connectivity index (χ4v) is 3.36. The quantitative estimate of drug-likeness (QED) is 0.934. The molecule has 2 atom stereocenters. The maximum Gasteiger partial charge on any atom is 0.225 e. The zero-order valence-corrected chi connectivity index (χ0v) is 12.2. The van der Waals surface area contributed by atoms with Crippen molar-refractivity contribution >= 4 is 33.3 Å². The van der Waals surface area contributed by atoms with Gasteiger partial charge in [-0.05, 0) is 24.8 Å². The molecule has 2 unspecified atom stereocenters. The molecule has 1 saturated heterocycles. The van der Waals surface area contributed by atoms with Gasteiger partial charge >= 0.3 is 0 Å². The fourth-order valence-electron chi connectivity index (χ4n) is 2.61. The molecular formula is C13H18N4OS. The van der Waals surface area contributed by atoms with Crippen molar-refractivity contribution in [3.63, 3.8) is 0 Å². The van der Waals surface area contributed by atoms with Gasteiger partial charge in [0.25, 0.3) is 0 Å². The van der Waals surface area contributed by atoms with Crippen LogP contribution in [0.4, 0.5) is 11.8 Å². The molecule has 1 aliphatic rings. The lowest BCUT2D eigenvalue weighted by Crippen LogP contribution is -2.37. The third-order valence-corrected chi connectivity index (χ3v) is 4.50. The van der Waals surface area contributed by atoms with E-state index in [2.05, 4.69) is 45.6 Å². The summed E-state index contributed by atoms with van der Waals surface area (Å²) < 4.78 is 5.66. The normalized spacial score (nSPS) is 22.9. The third kappa shape index (κ3) is 2.15. The predicted molar refractivity (Wildman–Crippen MR) is 79.2 cm³/mol. The monoisotopic (exact) mass is 278 g/mol. The molecule has 1 aliphatic heterocycles. The standard InChI is InChI=1S/C13H18N4OS/c1-8-10(4-6-18-8)17(3)11-9-5-7-19-12(9)16-13(14-2)15-11/h5,7-8,10H,4,6H2,1-3H3,(H,14,15,16). The van der Waals surface area contributed by atoms with Crippen LogP contribution >= 0.6 is 11.3 Å². The maximum atomic E-state index is 5.66. The average molecular weight is 278 g/mol. The first kappa shape index (κ1) is 12.6. The summed E-state index contributed by atoms with van der Waals surface area (Å²) in [5.74, 6) is 1.65. The van der Waals surface area contributed by atoms with Crippen LogP contribution in [0, 0.1) is 0 Å². The van der Waals surface area contributed by atoms with Crippen molar-refractivity contribution in [2.24, 2.45) is 0 Å². The van der Waals surface area contributed by atoms with Gasteiger partial charge < -0.3 is 15.0 Å². The van der Waals surface area contributed by atoms with Crippen LogP contribution in [0.25, 0.3) is 10.2 Å². The average Bonchev–Trinajstić information content (AvgIpc) is 3.04. The van der Waals surface area contributed by atoms with E-state index in [0.29, 0.717) is 12.0 Å². The summed E-state index contributed by atoms with van der Waals surface area (Å²) in [5, 5.41) is 6.21. The number of aromatic nitrogens is 2. The van der Waals surface area contributed by atoms with Crippen LogP contribution in [0.2, 0.25) is 0 Å². The zero-order valence-electron chi connectivity index (χ0n) is 11.4. The van der Waals surface area contributed by atoms with Gasteiger partial charge in [-0.2, -0.15) is 4.98 Å². The van der Waals surface area contributed by atoms with E-state index in [1.165, 1.54) is 0 Å². The van der Waals surface area contributed by atoms with Gasteiger partial charge in [0.05, 0.1) is 17.5 Å². The molecule has 2 aromatic rings. The van der Waals surface area contributed by atoms with Crippen LogP contribution in [-0.4, -0.2) is 42.8 Å². The Morgan fingerprint density at radius 3 is 3.00 bits per heavy atom. The highest BCUT2D eigenvalue weighted by atomic mass is 32.1. The maximum absolute atomic E-state index is 5.66. The number of likely N-dealkylation sites (N-methyl/N-ethyl adjacent to an activating group) is 1. The van der Waals surface area contributed by atoms with Crippen molar-refractivity contribution in [3.05, 3.63) is 11.4 Å². The summed E-state index contributed by atoms with van der Waals surface area (Å²) in [7, 11) is 3.94. The van der Waals surface area contributed by atoms with Gasteiger partial charge in [0.1, 0.15) is 10.6 Å². The zero-order chi connectivity index (χ0) is 13.4. The number of fused-ring (bicyclic) bond motifs is 1. The van der Waals surface area contributed by atoms with Crippen LogP contribution in [0.1, 0.15) is 13.3 Å². The van der Waals surface area contributed by atoms with Crippen molar-refractivity contribution in [2.45, 2.75) is 25.5 Å². The van der Waals surface area contributed by atoms with Crippen molar-refractivity contribution < 1.29 is 4.74 Å². The lowest BCUT2D eigenvalue weighted by Gasteiger charge is -2.28. The summed E-state index contributed by atoms with van der Waals surface area (Å²) in [5.41, 5.74) is 0. The molecule has 1 N–H and O–H groups in total. The number of rotatable bonds is 3. The molecule has 0 amide bonds. The summed E-state index contributed by atoms with van der Waals surface area (Å²) in [6.07, 6.45) is 1.29. The first-order valence-electron chi connectivity index (χ1n) is 6.48. The molecule has 2 aromatic heterocycles. The smallest absolute Gasteiger partial charge is 0.225 e. The van der Waals surface area contributed by atoms with E-state index in [1.54, 1.807) is 11.3 Å². The summed E-state index contributed by atoms with van der Waals surface area (Å²) in [6.45, 7) is 2.95. The van der Waals surface area contributed by atoms with E-state index in [0.717, 1.165) is 29.1 Å². The van der Waals surface area contributed by atoms with Crippen molar-refractivity contribution in [1.82, 2.24) is 9.97 Å². The first-order valence-corrected chi connectivity index (χ1v) is 7.36. The Labute approximate surface area is 116 Å². The molecule has 6 heteroatoms. The van der Waals surface area contributed by atoms with Crippen LogP contribution in [0.15, 0.2) is 11.4 Å². The molecule has 0 bridgehead atoms. The number of thiophene rings is 1. The molecule has 3 heterocycles. The second-order valence-electron chi connectivity index (χ2n) is 4.80. The lowest BCUT2D eigenvalue weighted by molar-refractivity contribution is 0.118. The summed E-state index contributed by atoms with van der Waals surface area (Å²) in [4.78, 5) is 12.4. The second kappa shape index (κ2) is 4.94. The first-order chi connectivity index (χ1) is 9.20. The molecule has 19 heavy (non-hydrogen) atoms. The molecule has 3 rings (SSSR count). The van der Waals surface area contributed by atoms with Gasteiger partial charge in [-0.1, -0.05) is 0 Å². The molecule has 0 saturated carbocycles. The third-order valence-electron chi connectivity index (χ3n) is 3.70. The molecule has 0 spiro atoms. The molecule has 102 valence electrons. The predicted octanol–water partition coefficient (Wildman–Crippen LogP) is 2.35. The molecular weight excluding hydrogens is 260 g/mol. The Hall–Kier alpha value is -1.40. The summed E-state index contributed by atoms with van der Waals surface area (Å²) in [6, 6.07) is 2.47. The van der Waals surface area contributed by atoms with Crippen molar-refractivity contribution in [1.29, 1.82) is 0 Å². The fraction of sp³-hybridized carbons (Fsp3) is 0.538. The number of ether oxygens (including phenoxy) is 1. The number of nitrogens with zero attached hydrogens (tertiary/aromatic N) is 3. The van der Waals surface area contributed by atoms with Crippen LogP contribution in [0.3, 0.4) is 0 Å². The van der Waals surface area contributed by atoms with Gasteiger partial charge in [-0.3, -0.25) is 0 Å². The topological polar surface area (TPSA) is 50.3 Å². The number of anilines is 2. The van der Waals surface area contributed by atoms with Gasteiger partial charge in [0.2, 0.25) is 5.95 Å². The molecule has 5 nitrogen and oxygen atoms in total. The summed E-state index contributed by atoms with van der Waals surface area (Å²) >= 11 is 1.64. The van der Waals surface area contributed by atoms with E-state index >= 15 is 0 Å². The van der Waals surface area contributed by atoms with Gasteiger partial charge in [0, 0.05) is 20.7 Å². The Kier molecular flexibility index (Phi) is 3.28. The van der Waals surface area contributed by atoms with E-state index in [1.807, 2.05) is 7.05 Å². The highest BCUT2D eigenvalue weighted by molar-refractivity contribution is 7.16. The van der Waals surface area contributed by atoms with E-state index in [4.69, 9.17) is 4.74 Å². The minimum absolute atomic E-state index is 0.242. The molecule has 0 aliphatic carbocycles. The Balaban J connectivity index is 2.05. The SMILES string of the molecule is CNc1nc(N(C)C2CCOC2C)c2ccsc2n1. The minimum atomic E-state index is 0.242. The van der Waals surface area contributed by atoms with E-state index < -0.39 is 0 Å². The largest absolute Gasteiger partial charge is 0.376 e. The Morgan fingerprint density at radius 2 is 2.32 bits per heavy atom. The van der Waals surface area contributed by atoms with Gasteiger partial charge in [0.15, 0.2) is 0 Å². The lowest BCUT2D eigenvalue weighted by atomic mass is 10.1. The Morgan fingerprint density at radius 1 is 1.47 bits per heavy atom. The van der Waals surface area contributed by atoms with Crippen molar-refractivity contribution in [3.8, 4) is 0 Å². The van der Waals surface area contributed by atoms with Gasteiger partial charge in [-0.25, -0.2) is 4.98 Å². The molecule has 0 aromatic carbocycles. The Bertz CT molecular complexity index is 585. The molecule has 1 fully saturated rings. The highest BCUT2D eigenvalue weighted by Crippen LogP contribution is 2.31. The van der Waals surface area contributed by atoms with Crippen LogP contribution in [0.5, 0.6) is 0 Å².